The second-order valence-corrected chi connectivity index (χ2v) is 7.07. The molecule has 0 atom stereocenters. The van der Waals surface area contributed by atoms with Crippen molar-refractivity contribution >= 4 is 21.4 Å². The highest BCUT2D eigenvalue weighted by Gasteiger charge is 2.51. The lowest BCUT2D eigenvalue weighted by molar-refractivity contribution is -0.0435. The van der Waals surface area contributed by atoms with Gasteiger partial charge in [0.05, 0.1) is 18.0 Å². The molecule has 1 heterocycles. The number of ether oxygens (including phenoxy) is 1. The predicted molar refractivity (Wildman–Crippen MR) is 83.8 cm³/mol. The van der Waals surface area contributed by atoms with E-state index in [4.69, 9.17) is 4.74 Å². The molecule has 8 heteroatoms. The fourth-order valence-electron chi connectivity index (χ4n) is 2.55. The number of anilines is 2. The van der Waals surface area contributed by atoms with Crippen LogP contribution < -0.4 is 9.04 Å². The molecule has 0 saturated heterocycles. The molecule has 4 nitrogen and oxygen atoms in total. The van der Waals surface area contributed by atoms with Crippen LogP contribution in [0, 0.1) is 0 Å². The van der Waals surface area contributed by atoms with Crippen LogP contribution >= 0.6 is 0 Å². The first kappa shape index (κ1) is 16.6. The number of hydrogen-bond donors (Lipinski definition) is 0. The fraction of sp³-hybridized carbons (Fsp3) is 0.250. The van der Waals surface area contributed by atoms with E-state index < -0.39 is 15.5 Å². The number of aryl methyl sites for hydroxylation is 1. The number of hydrogen-bond acceptors (Lipinski definition) is 3. The van der Waals surface area contributed by atoms with E-state index in [0.29, 0.717) is 16.7 Å². The molecule has 0 spiro atoms. The second-order valence-electron chi connectivity index (χ2n) is 5.29. The van der Waals surface area contributed by atoms with Crippen molar-refractivity contribution in [3.63, 3.8) is 0 Å². The van der Waals surface area contributed by atoms with Crippen LogP contribution in [0.3, 0.4) is 0 Å². The van der Waals surface area contributed by atoms with Gasteiger partial charge < -0.3 is 4.74 Å². The first-order valence-electron chi connectivity index (χ1n) is 7.23. The molecule has 0 amide bonds. The Morgan fingerprint density at radius 3 is 2.38 bits per heavy atom. The van der Waals surface area contributed by atoms with Crippen LogP contribution in [0.4, 0.5) is 24.5 Å². The minimum Gasteiger partial charge on any atom is -0.493 e. The molecule has 1 aliphatic heterocycles. The van der Waals surface area contributed by atoms with E-state index in [0.717, 1.165) is 18.4 Å². The number of rotatable bonds is 3. The van der Waals surface area contributed by atoms with Crippen LogP contribution in [0.5, 0.6) is 5.75 Å². The smallest absolute Gasteiger partial charge is 0.493 e. The van der Waals surface area contributed by atoms with Crippen LogP contribution in [-0.2, 0) is 16.4 Å². The van der Waals surface area contributed by atoms with Crippen molar-refractivity contribution in [2.75, 3.05) is 10.9 Å². The van der Waals surface area contributed by atoms with E-state index in [-0.39, 0.29) is 11.4 Å². The Bertz CT molecular complexity index is 835. The lowest BCUT2D eigenvalue weighted by Crippen LogP contribution is -2.37. The number of para-hydroxylation sites is 1. The van der Waals surface area contributed by atoms with Gasteiger partial charge in [-0.25, -0.2) is 4.31 Å². The van der Waals surface area contributed by atoms with Gasteiger partial charge >= 0.3 is 15.5 Å². The molecule has 2 aromatic carbocycles. The zero-order chi connectivity index (χ0) is 17.4. The topological polar surface area (TPSA) is 46.6 Å². The number of nitrogens with zero attached hydrogens (tertiary/aromatic N) is 1. The standard InChI is InChI=1S/C16H14F3NO3S/c17-16(18,19)24(21,22)20(13-6-2-1-3-7-13)14-9-8-12-5-4-10-23-15(12)11-14/h1-3,6-9,11H,4-5,10H2. The van der Waals surface area contributed by atoms with Gasteiger partial charge in [0.2, 0.25) is 0 Å². The van der Waals surface area contributed by atoms with Gasteiger partial charge in [0.1, 0.15) is 5.75 Å². The minimum absolute atomic E-state index is 0.0921. The highest BCUT2D eigenvalue weighted by molar-refractivity contribution is 7.94. The van der Waals surface area contributed by atoms with Gasteiger partial charge in [-0.15, -0.1) is 0 Å². The van der Waals surface area contributed by atoms with E-state index >= 15 is 0 Å². The van der Waals surface area contributed by atoms with Crippen molar-refractivity contribution < 1.29 is 26.3 Å². The van der Waals surface area contributed by atoms with Gasteiger partial charge in [-0.05, 0) is 36.6 Å². The van der Waals surface area contributed by atoms with Crippen LogP contribution in [0.2, 0.25) is 0 Å². The molecule has 128 valence electrons. The summed E-state index contributed by atoms with van der Waals surface area (Å²) in [5.74, 6) is 0.414. The van der Waals surface area contributed by atoms with Crippen LogP contribution in [0.25, 0.3) is 0 Å². The van der Waals surface area contributed by atoms with Crippen LogP contribution in [-0.4, -0.2) is 20.5 Å². The van der Waals surface area contributed by atoms with Crippen molar-refractivity contribution in [3.05, 3.63) is 54.1 Å². The Kier molecular flexibility index (Phi) is 4.16. The zero-order valence-electron chi connectivity index (χ0n) is 12.5. The summed E-state index contributed by atoms with van der Waals surface area (Å²) in [6, 6.07) is 11.5. The molecule has 0 N–H and O–H groups in total. The Morgan fingerprint density at radius 2 is 1.71 bits per heavy atom. The minimum atomic E-state index is -5.59. The van der Waals surface area contributed by atoms with E-state index in [1.54, 1.807) is 12.1 Å². The van der Waals surface area contributed by atoms with E-state index in [9.17, 15) is 21.6 Å². The normalized spacial score (nSPS) is 14.6. The fourth-order valence-corrected chi connectivity index (χ4v) is 3.55. The van der Waals surface area contributed by atoms with E-state index in [2.05, 4.69) is 0 Å². The molecule has 1 aliphatic rings. The summed E-state index contributed by atoms with van der Waals surface area (Å²) >= 11 is 0. The van der Waals surface area contributed by atoms with Gasteiger partial charge in [0.25, 0.3) is 0 Å². The van der Waals surface area contributed by atoms with Crippen molar-refractivity contribution in [1.82, 2.24) is 0 Å². The number of alkyl halides is 3. The van der Waals surface area contributed by atoms with Crippen molar-refractivity contribution in [2.24, 2.45) is 0 Å². The lowest BCUT2D eigenvalue weighted by atomic mass is 10.1. The Balaban J connectivity index is 2.16. The number of sulfonamides is 1. The van der Waals surface area contributed by atoms with Crippen LogP contribution in [0.1, 0.15) is 12.0 Å². The van der Waals surface area contributed by atoms with Gasteiger partial charge in [-0.3, -0.25) is 0 Å². The Morgan fingerprint density at radius 1 is 1.00 bits per heavy atom. The third-order valence-corrected chi connectivity index (χ3v) is 5.14. The Hall–Kier alpha value is -2.22. The van der Waals surface area contributed by atoms with Crippen molar-refractivity contribution in [1.29, 1.82) is 0 Å². The monoisotopic (exact) mass is 357 g/mol. The average Bonchev–Trinajstić information content (AvgIpc) is 2.55. The lowest BCUT2D eigenvalue weighted by Gasteiger charge is -2.27. The Labute approximate surface area is 137 Å². The van der Waals surface area contributed by atoms with Gasteiger partial charge in [-0.2, -0.15) is 21.6 Å². The first-order chi connectivity index (χ1) is 11.3. The number of benzene rings is 2. The van der Waals surface area contributed by atoms with E-state index in [1.807, 2.05) is 0 Å². The molecule has 0 bridgehead atoms. The maximum atomic E-state index is 13.1. The molecular formula is C16H14F3NO3S. The SMILES string of the molecule is O=S(=O)(N(c1ccccc1)c1ccc2c(c1)OCCC2)C(F)(F)F. The molecule has 0 radical (unpaired) electrons. The highest BCUT2D eigenvalue weighted by Crippen LogP contribution is 2.39. The predicted octanol–water partition coefficient (Wildman–Crippen LogP) is 4.00. The highest BCUT2D eigenvalue weighted by atomic mass is 32.2. The summed E-state index contributed by atoms with van der Waals surface area (Å²) in [7, 11) is -5.59. The summed E-state index contributed by atoms with van der Waals surface area (Å²) in [5, 5.41) is 0. The maximum Gasteiger partial charge on any atom is 0.517 e. The van der Waals surface area contributed by atoms with Gasteiger partial charge in [-0.1, -0.05) is 24.3 Å². The summed E-state index contributed by atoms with van der Waals surface area (Å²) in [6.45, 7) is 0.452. The quantitative estimate of drug-likeness (QED) is 0.834. The molecule has 0 aliphatic carbocycles. The summed E-state index contributed by atoms with van der Waals surface area (Å²) < 4.78 is 69.3. The van der Waals surface area contributed by atoms with Crippen molar-refractivity contribution in [2.45, 2.75) is 18.3 Å². The summed E-state index contributed by atoms with van der Waals surface area (Å²) in [6.07, 6.45) is 1.56. The van der Waals surface area contributed by atoms with Gasteiger partial charge in [0.15, 0.2) is 0 Å². The summed E-state index contributed by atoms with van der Waals surface area (Å²) in [5.41, 5.74) is -4.77. The van der Waals surface area contributed by atoms with Crippen molar-refractivity contribution in [3.8, 4) is 5.75 Å². The average molecular weight is 357 g/mol. The third-order valence-electron chi connectivity index (χ3n) is 3.66. The molecule has 24 heavy (non-hydrogen) atoms. The molecule has 0 saturated carbocycles. The molecule has 0 aromatic heterocycles. The number of halogens is 3. The first-order valence-corrected chi connectivity index (χ1v) is 8.67. The van der Waals surface area contributed by atoms with Gasteiger partial charge in [0, 0.05) is 6.07 Å². The molecule has 0 fully saturated rings. The van der Waals surface area contributed by atoms with E-state index in [1.165, 1.54) is 36.4 Å². The maximum absolute atomic E-state index is 13.1. The third kappa shape index (κ3) is 2.93. The molecular weight excluding hydrogens is 343 g/mol. The van der Waals surface area contributed by atoms with Crippen LogP contribution in [0.15, 0.2) is 48.5 Å². The molecule has 0 unspecified atom stereocenters. The summed E-state index contributed by atoms with van der Waals surface area (Å²) in [4.78, 5) is 0. The largest absolute Gasteiger partial charge is 0.517 e. The molecule has 3 rings (SSSR count). The number of fused-ring (bicyclic) bond motifs is 1. The molecule has 2 aromatic rings. The zero-order valence-corrected chi connectivity index (χ0v) is 13.3. The second kappa shape index (κ2) is 6.01.